The summed E-state index contributed by atoms with van der Waals surface area (Å²) in [6.07, 6.45) is 1.28. The van der Waals surface area contributed by atoms with Crippen molar-refractivity contribution in [3.05, 3.63) is 29.8 Å². The zero-order valence-corrected chi connectivity index (χ0v) is 8.58. The van der Waals surface area contributed by atoms with Crippen LogP contribution in [0.4, 0.5) is 0 Å². The van der Waals surface area contributed by atoms with E-state index in [1.54, 1.807) is 0 Å². The average molecular weight is 241 g/mol. The smallest absolute Gasteiger partial charge is 0.166 e. The van der Waals surface area contributed by atoms with Gasteiger partial charge in [0.15, 0.2) is 10.8 Å². The van der Waals surface area contributed by atoms with Crippen LogP contribution in [0.5, 0.6) is 5.75 Å². The highest BCUT2D eigenvalue weighted by molar-refractivity contribution is 9.09. The first kappa shape index (κ1) is 8.75. The van der Waals surface area contributed by atoms with Crippen molar-refractivity contribution in [3.8, 4) is 5.75 Å². The molecule has 0 bridgehead atoms. The SMILES string of the molecule is O=C1CCC(Br)Oc2ccccc21. The monoisotopic (exact) mass is 240 g/mol. The molecule has 0 saturated heterocycles. The molecular weight excluding hydrogens is 232 g/mol. The van der Waals surface area contributed by atoms with E-state index in [0.717, 1.165) is 6.42 Å². The van der Waals surface area contributed by atoms with Crippen LogP contribution in [0.25, 0.3) is 0 Å². The standard InChI is InChI=1S/C10H9BrO2/c11-10-6-5-8(12)7-3-1-2-4-9(7)13-10/h1-4,10H,5-6H2. The fourth-order valence-electron chi connectivity index (χ4n) is 1.38. The molecule has 1 heterocycles. The number of Topliss-reactive ketones (excluding diaryl/α,β-unsaturated/α-hetero) is 1. The predicted molar refractivity (Wildman–Crippen MR) is 53.3 cm³/mol. The third-order valence-electron chi connectivity index (χ3n) is 2.04. The van der Waals surface area contributed by atoms with E-state index in [1.165, 1.54) is 0 Å². The summed E-state index contributed by atoms with van der Waals surface area (Å²) in [6.45, 7) is 0. The maximum atomic E-state index is 11.6. The third kappa shape index (κ3) is 1.75. The molecule has 13 heavy (non-hydrogen) atoms. The highest BCUT2D eigenvalue weighted by atomic mass is 79.9. The van der Waals surface area contributed by atoms with E-state index >= 15 is 0 Å². The number of carbonyl (C=O) groups excluding carboxylic acids is 1. The molecule has 2 nitrogen and oxygen atoms in total. The normalized spacial score (nSPS) is 21.6. The van der Waals surface area contributed by atoms with Crippen molar-refractivity contribution >= 4 is 21.7 Å². The van der Waals surface area contributed by atoms with Gasteiger partial charge in [-0.1, -0.05) is 12.1 Å². The molecule has 1 unspecified atom stereocenters. The molecule has 0 amide bonds. The molecule has 2 rings (SSSR count). The summed E-state index contributed by atoms with van der Waals surface area (Å²) >= 11 is 3.36. The second kappa shape index (κ2) is 3.50. The first-order chi connectivity index (χ1) is 6.27. The van der Waals surface area contributed by atoms with Crippen molar-refractivity contribution in [2.24, 2.45) is 0 Å². The van der Waals surface area contributed by atoms with Crippen molar-refractivity contribution in [2.45, 2.75) is 17.9 Å². The number of para-hydroxylation sites is 1. The van der Waals surface area contributed by atoms with Gasteiger partial charge in [-0.2, -0.15) is 0 Å². The van der Waals surface area contributed by atoms with Crippen LogP contribution in [0.2, 0.25) is 0 Å². The average Bonchev–Trinajstić information content (AvgIpc) is 2.27. The number of ether oxygens (including phenoxy) is 1. The summed E-state index contributed by atoms with van der Waals surface area (Å²) < 4.78 is 5.52. The number of carbonyl (C=O) groups is 1. The molecule has 3 heteroatoms. The van der Waals surface area contributed by atoms with E-state index in [-0.39, 0.29) is 10.8 Å². The summed E-state index contributed by atoms with van der Waals surface area (Å²) in [5, 5.41) is -0.0416. The molecule has 1 aromatic rings. The predicted octanol–water partition coefficient (Wildman–Crippen LogP) is 2.76. The van der Waals surface area contributed by atoms with E-state index in [1.807, 2.05) is 24.3 Å². The largest absolute Gasteiger partial charge is 0.478 e. The van der Waals surface area contributed by atoms with Gasteiger partial charge >= 0.3 is 0 Å². The fraction of sp³-hybridized carbons (Fsp3) is 0.300. The number of rotatable bonds is 0. The van der Waals surface area contributed by atoms with Gasteiger partial charge in [-0.15, -0.1) is 0 Å². The molecule has 1 aromatic carbocycles. The molecule has 1 aliphatic heterocycles. The van der Waals surface area contributed by atoms with Crippen molar-refractivity contribution in [1.82, 2.24) is 0 Å². The summed E-state index contributed by atoms with van der Waals surface area (Å²) in [6, 6.07) is 7.36. The minimum absolute atomic E-state index is 0.0416. The van der Waals surface area contributed by atoms with Crippen LogP contribution in [0.3, 0.4) is 0 Å². The lowest BCUT2D eigenvalue weighted by Gasteiger charge is -2.09. The summed E-state index contributed by atoms with van der Waals surface area (Å²) in [4.78, 5) is 11.6. The number of fused-ring (bicyclic) bond motifs is 1. The van der Waals surface area contributed by atoms with Gasteiger partial charge in [0, 0.05) is 12.8 Å². The Kier molecular flexibility index (Phi) is 2.36. The maximum absolute atomic E-state index is 11.6. The lowest BCUT2D eigenvalue weighted by atomic mass is 10.1. The van der Waals surface area contributed by atoms with Gasteiger partial charge in [0.05, 0.1) is 5.56 Å². The second-order valence-corrected chi connectivity index (χ2v) is 4.01. The Hall–Kier alpha value is -0.830. The van der Waals surface area contributed by atoms with Gasteiger partial charge in [-0.3, -0.25) is 4.79 Å². The van der Waals surface area contributed by atoms with Crippen LogP contribution >= 0.6 is 15.9 Å². The Morgan fingerprint density at radius 1 is 1.38 bits per heavy atom. The molecule has 0 N–H and O–H groups in total. The molecule has 1 aliphatic rings. The van der Waals surface area contributed by atoms with Crippen molar-refractivity contribution in [3.63, 3.8) is 0 Å². The lowest BCUT2D eigenvalue weighted by Crippen LogP contribution is -2.05. The van der Waals surface area contributed by atoms with Crippen LogP contribution in [-0.2, 0) is 0 Å². The maximum Gasteiger partial charge on any atom is 0.166 e. The first-order valence-electron chi connectivity index (χ1n) is 4.20. The molecule has 0 radical (unpaired) electrons. The van der Waals surface area contributed by atoms with Crippen LogP contribution in [0.15, 0.2) is 24.3 Å². The Morgan fingerprint density at radius 3 is 3.00 bits per heavy atom. The van der Waals surface area contributed by atoms with E-state index in [4.69, 9.17) is 4.74 Å². The Labute approximate surface area is 85.0 Å². The zero-order valence-electron chi connectivity index (χ0n) is 7.00. The van der Waals surface area contributed by atoms with Gasteiger partial charge in [0.2, 0.25) is 0 Å². The Balaban J connectivity index is 2.43. The highest BCUT2D eigenvalue weighted by Gasteiger charge is 2.20. The minimum Gasteiger partial charge on any atom is -0.478 e. The topological polar surface area (TPSA) is 26.3 Å². The van der Waals surface area contributed by atoms with Crippen molar-refractivity contribution < 1.29 is 9.53 Å². The molecule has 1 atom stereocenters. The summed E-state index contributed by atoms with van der Waals surface area (Å²) in [7, 11) is 0. The quantitative estimate of drug-likeness (QED) is 0.653. The third-order valence-corrected chi connectivity index (χ3v) is 2.69. The molecule has 0 fully saturated rings. The van der Waals surface area contributed by atoms with Gasteiger partial charge in [0.1, 0.15) is 5.75 Å². The molecule has 0 aromatic heterocycles. The Morgan fingerprint density at radius 2 is 2.15 bits per heavy atom. The number of hydrogen-bond donors (Lipinski definition) is 0. The first-order valence-corrected chi connectivity index (χ1v) is 5.12. The number of halogens is 1. The van der Waals surface area contributed by atoms with Crippen LogP contribution < -0.4 is 4.74 Å². The summed E-state index contributed by atoms with van der Waals surface area (Å²) in [5.74, 6) is 0.851. The molecule has 0 aliphatic carbocycles. The number of hydrogen-bond acceptors (Lipinski definition) is 2. The van der Waals surface area contributed by atoms with E-state index in [0.29, 0.717) is 17.7 Å². The highest BCUT2D eigenvalue weighted by Crippen LogP contribution is 2.27. The van der Waals surface area contributed by atoms with E-state index in [9.17, 15) is 4.79 Å². The van der Waals surface area contributed by atoms with Gasteiger partial charge < -0.3 is 4.74 Å². The van der Waals surface area contributed by atoms with E-state index < -0.39 is 0 Å². The van der Waals surface area contributed by atoms with E-state index in [2.05, 4.69) is 15.9 Å². The minimum atomic E-state index is -0.0416. The Bertz CT molecular complexity index is 335. The zero-order chi connectivity index (χ0) is 9.26. The lowest BCUT2D eigenvalue weighted by molar-refractivity contribution is 0.0982. The van der Waals surface area contributed by atoms with Crippen LogP contribution in [-0.4, -0.2) is 10.8 Å². The van der Waals surface area contributed by atoms with Crippen LogP contribution in [0.1, 0.15) is 23.2 Å². The van der Waals surface area contributed by atoms with Crippen molar-refractivity contribution in [2.75, 3.05) is 0 Å². The van der Waals surface area contributed by atoms with Gasteiger partial charge in [0.25, 0.3) is 0 Å². The number of alkyl halides is 1. The van der Waals surface area contributed by atoms with Crippen molar-refractivity contribution in [1.29, 1.82) is 0 Å². The molecular formula is C10H9BrO2. The van der Waals surface area contributed by atoms with Crippen LogP contribution in [0, 0.1) is 0 Å². The molecule has 0 spiro atoms. The summed E-state index contributed by atoms with van der Waals surface area (Å²) in [5.41, 5.74) is 0.699. The van der Waals surface area contributed by atoms with Gasteiger partial charge in [-0.25, -0.2) is 0 Å². The second-order valence-electron chi connectivity index (χ2n) is 2.99. The number of benzene rings is 1. The molecule has 68 valence electrons. The number of ketones is 1. The fourth-order valence-corrected chi connectivity index (χ4v) is 1.81. The molecule has 0 saturated carbocycles. The van der Waals surface area contributed by atoms with Gasteiger partial charge in [-0.05, 0) is 28.1 Å².